The molecule has 0 aliphatic carbocycles. The first-order valence-corrected chi connectivity index (χ1v) is 8.08. The highest BCUT2D eigenvalue weighted by Gasteiger charge is 2.24. The van der Waals surface area contributed by atoms with Gasteiger partial charge in [-0.15, -0.1) is 4.83 Å². The smallest absolute Gasteiger partial charge is 0.335 e. The molecule has 0 radical (unpaired) electrons. The van der Waals surface area contributed by atoms with Crippen molar-refractivity contribution in [3.05, 3.63) is 29.3 Å². The van der Waals surface area contributed by atoms with Gasteiger partial charge >= 0.3 is 5.97 Å². The van der Waals surface area contributed by atoms with E-state index in [2.05, 4.69) is 9.73 Å². The predicted molar refractivity (Wildman–Crippen MR) is 77.5 cm³/mol. The van der Waals surface area contributed by atoms with Crippen molar-refractivity contribution in [2.75, 3.05) is 33.2 Å². The van der Waals surface area contributed by atoms with Gasteiger partial charge in [-0.25, -0.2) is 18.2 Å². The van der Waals surface area contributed by atoms with E-state index in [4.69, 9.17) is 5.11 Å². The first-order chi connectivity index (χ1) is 9.81. The SMILES string of the molecule is Cc1c(C(=O)O)cccc1S(=O)(=O)NN1CCN(C)CC1. The lowest BCUT2D eigenvalue weighted by Crippen LogP contribution is -2.52. The number of benzene rings is 1. The highest BCUT2D eigenvalue weighted by molar-refractivity contribution is 7.89. The van der Waals surface area contributed by atoms with E-state index < -0.39 is 16.0 Å². The predicted octanol–water partition coefficient (Wildman–Crippen LogP) is 0.134. The Morgan fingerprint density at radius 2 is 1.86 bits per heavy atom. The summed E-state index contributed by atoms with van der Waals surface area (Å²) in [5.74, 6) is -1.14. The largest absolute Gasteiger partial charge is 0.478 e. The maximum atomic E-state index is 12.4. The van der Waals surface area contributed by atoms with E-state index in [9.17, 15) is 13.2 Å². The molecule has 0 atom stereocenters. The van der Waals surface area contributed by atoms with Crippen LogP contribution in [0.15, 0.2) is 23.1 Å². The third kappa shape index (κ3) is 3.59. The molecule has 21 heavy (non-hydrogen) atoms. The van der Waals surface area contributed by atoms with E-state index in [1.165, 1.54) is 25.1 Å². The van der Waals surface area contributed by atoms with E-state index in [1.54, 1.807) is 5.01 Å². The lowest BCUT2D eigenvalue weighted by molar-refractivity contribution is 0.0696. The maximum absolute atomic E-state index is 12.4. The van der Waals surface area contributed by atoms with E-state index in [0.717, 1.165) is 13.1 Å². The highest BCUT2D eigenvalue weighted by atomic mass is 32.2. The van der Waals surface area contributed by atoms with Crippen molar-refractivity contribution in [1.82, 2.24) is 14.7 Å². The fraction of sp³-hybridized carbons (Fsp3) is 0.462. The molecule has 0 saturated carbocycles. The summed E-state index contributed by atoms with van der Waals surface area (Å²) >= 11 is 0. The van der Waals surface area contributed by atoms with Crippen LogP contribution in [0.4, 0.5) is 0 Å². The molecule has 1 fully saturated rings. The number of aromatic carboxylic acids is 1. The number of hydrogen-bond donors (Lipinski definition) is 2. The van der Waals surface area contributed by atoms with Crippen LogP contribution in [-0.2, 0) is 10.0 Å². The number of carboxylic acids is 1. The van der Waals surface area contributed by atoms with Crippen molar-refractivity contribution in [2.24, 2.45) is 0 Å². The van der Waals surface area contributed by atoms with Gasteiger partial charge in [-0.1, -0.05) is 6.07 Å². The standard InChI is InChI=1S/C13H19N3O4S/c1-10-11(13(17)18)4-3-5-12(10)21(19,20)14-16-8-6-15(2)7-9-16/h3-5,14H,6-9H2,1-2H3,(H,17,18). The first-order valence-electron chi connectivity index (χ1n) is 6.60. The Morgan fingerprint density at radius 3 is 2.43 bits per heavy atom. The third-order valence-electron chi connectivity index (χ3n) is 3.56. The molecule has 1 heterocycles. The molecule has 0 aromatic heterocycles. The molecule has 1 aromatic carbocycles. The summed E-state index contributed by atoms with van der Waals surface area (Å²) in [4.78, 5) is 15.7. The molecule has 1 aliphatic heterocycles. The van der Waals surface area contributed by atoms with Crippen LogP contribution < -0.4 is 4.83 Å². The molecule has 0 unspecified atom stereocenters. The maximum Gasteiger partial charge on any atom is 0.335 e. The van der Waals surface area contributed by atoms with Gasteiger partial charge in [-0.3, -0.25) is 0 Å². The molecule has 2 N–H and O–H groups in total. The van der Waals surface area contributed by atoms with Crippen molar-refractivity contribution in [2.45, 2.75) is 11.8 Å². The Morgan fingerprint density at radius 1 is 1.24 bits per heavy atom. The summed E-state index contributed by atoms with van der Waals surface area (Å²) in [6.07, 6.45) is 0. The van der Waals surface area contributed by atoms with Crippen LogP contribution in [0.3, 0.4) is 0 Å². The van der Waals surface area contributed by atoms with Crippen LogP contribution >= 0.6 is 0 Å². The molecule has 0 amide bonds. The molecule has 2 rings (SSSR count). The molecule has 1 aliphatic rings. The summed E-state index contributed by atoms with van der Waals surface area (Å²) in [5.41, 5.74) is 0.239. The average molecular weight is 313 g/mol. The van der Waals surface area contributed by atoms with Crippen LogP contribution in [0.1, 0.15) is 15.9 Å². The average Bonchev–Trinajstić information content (AvgIpc) is 2.41. The number of nitrogens with zero attached hydrogens (tertiary/aromatic N) is 2. The number of carboxylic acid groups (broad SMARTS) is 1. The second-order valence-electron chi connectivity index (χ2n) is 5.12. The minimum atomic E-state index is -3.77. The number of nitrogens with one attached hydrogen (secondary N) is 1. The Bertz CT molecular complexity index is 637. The lowest BCUT2D eigenvalue weighted by Gasteiger charge is -2.32. The number of rotatable bonds is 4. The summed E-state index contributed by atoms with van der Waals surface area (Å²) in [5, 5.41) is 10.7. The van der Waals surface area contributed by atoms with Crippen LogP contribution in [0.2, 0.25) is 0 Å². The molecule has 1 saturated heterocycles. The van der Waals surface area contributed by atoms with Gasteiger partial charge in [-0.2, -0.15) is 0 Å². The van der Waals surface area contributed by atoms with E-state index in [-0.39, 0.29) is 16.0 Å². The van der Waals surface area contributed by atoms with Crippen LogP contribution in [0, 0.1) is 6.92 Å². The first kappa shape index (κ1) is 15.9. The van der Waals surface area contributed by atoms with Crippen LogP contribution in [-0.4, -0.2) is 62.6 Å². The zero-order valence-corrected chi connectivity index (χ0v) is 12.9. The summed E-state index contributed by atoms with van der Waals surface area (Å²) in [6.45, 7) is 4.23. The lowest BCUT2D eigenvalue weighted by atomic mass is 10.1. The second-order valence-corrected chi connectivity index (χ2v) is 6.75. The fourth-order valence-electron chi connectivity index (χ4n) is 2.25. The van der Waals surface area contributed by atoms with Gasteiger partial charge in [0.25, 0.3) is 10.0 Å². The Hall–Kier alpha value is -1.48. The van der Waals surface area contributed by atoms with E-state index in [1.807, 2.05) is 7.05 Å². The monoisotopic (exact) mass is 313 g/mol. The van der Waals surface area contributed by atoms with Gasteiger partial charge in [-0.05, 0) is 31.7 Å². The Kier molecular flexibility index (Phi) is 4.62. The number of hydrazine groups is 1. The van der Waals surface area contributed by atoms with Gasteiger partial charge in [0.15, 0.2) is 0 Å². The number of piperazine rings is 1. The molecule has 8 heteroatoms. The van der Waals surface area contributed by atoms with E-state index in [0.29, 0.717) is 13.1 Å². The van der Waals surface area contributed by atoms with Gasteiger partial charge in [0, 0.05) is 26.2 Å². The molecule has 0 bridgehead atoms. The molecule has 1 aromatic rings. The minimum Gasteiger partial charge on any atom is -0.478 e. The molecule has 116 valence electrons. The number of likely N-dealkylation sites (N-methyl/N-ethyl adjacent to an activating group) is 1. The topological polar surface area (TPSA) is 89.9 Å². The molecule has 0 spiro atoms. The second kappa shape index (κ2) is 6.10. The summed E-state index contributed by atoms with van der Waals surface area (Å²) < 4.78 is 24.8. The zero-order chi connectivity index (χ0) is 15.6. The van der Waals surface area contributed by atoms with Crippen LogP contribution in [0.5, 0.6) is 0 Å². The number of carbonyl (C=O) groups is 1. The van der Waals surface area contributed by atoms with Crippen molar-refractivity contribution in [3.63, 3.8) is 0 Å². The van der Waals surface area contributed by atoms with Crippen molar-refractivity contribution < 1.29 is 18.3 Å². The third-order valence-corrected chi connectivity index (χ3v) is 5.08. The highest BCUT2D eigenvalue weighted by Crippen LogP contribution is 2.19. The normalized spacial score (nSPS) is 17.8. The van der Waals surface area contributed by atoms with Gasteiger partial charge in [0.1, 0.15) is 0 Å². The van der Waals surface area contributed by atoms with Crippen molar-refractivity contribution in [3.8, 4) is 0 Å². The molecular weight excluding hydrogens is 294 g/mol. The number of sulfonamides is 1. The van der Waals surface area contributed by atoms with Crippen LogP contribution in [0.25, 0.3) is 0 Å². The quantitative estimate of drug-likeness (QED) is 0.821. The van der Waals surface area contributed by atoms with Crippen molar-refractivity contribution >= 4 is 16.0 Å². The van der Waals surface area contributed by atoms with Gasteiger partial charge in [0.05, 0.1) is 10.5 Å². The zero-order valence-electron chi connectivity index (χ0n) is 12.0. The Balaban J connectivity index is 2.24. The number of hydrogen-bond acceptors (Lipinski definition) is 5. The summed E-state index contributed by atoms with van der Waals surface area (Å²) in [7, 11) is -1.79. The van der Waals surface area contributed by atoms with Gasteiger partial charge < -0.3 is 10.0 Å². The Labute approximate surface area is 124 Å². The molecule has 7 nitrogen and oxygen atoms in total. The van der Waals surface area contributed by atoms with E-state index >= 15 is 0 Å². The minimum absolute atomic E-state index is 0.00123. The molecular formula is C13H19N3O4S. The fourth-order valence-corrected chi connectivity index (χ4v) is 3.65. The van der Waals surface area contributed by atoms with Gasteiger partial charge in [0.2, 0.25) is 0 Å². The summed E-state index contributed by atoms with van der Waals surface area (Å²) in [6, 6.07) is 4.25. The van der Waals surface area contributed by atoms with Crippen molar-refractivity contribution in [1.29, 1.82) is 0 Å².